The van der Waals surface area contributed by atoms with Crippen LogP contribution in [0.5, 0.6) is 0 Å². The second kappa shape index (κ2) is 8.25. The smallest absolute Gasteiger partial charge is 0.117 e. The van der Waals surface area contributed by atoms with Gasteiger partial charge >= 0.3 is 0 Å². The highest BCUT2D eigenvalue weighted by Crippen LogP contribution is 2.20. The van der Waals surface area contributed by atoms with Gasteiger partial charge in [0.1, 0.15) is 11.4 Å². The van der Waals surface area contributed by atoms with Gasteiger partial charge in [0.2, 0.25) is 0 Å². The molecule has 0 saturated heterocycles. The summed E-state index contributed by atoms with van der Waals surface area (Å²) >= 11 is 6.06. The minimum Gasteiger partial charge on any atom is -0.392 e. The standard InChI is InChI=1S/C19H21ClN4O/c1-14(25)11-21-12-18-19(16-7-3-2-4-8-16)23-24(22-18)13-15-6-5-9-17(20)10-15/h2-10,14,21,25H,11-13H2,1H3/t14-/m1/s1. The topological polar surface area (TPSA) is 63.0 Å². The highest BCUT2D eigenvalue weighted by Gasteiger charge is 2.13. The molecule has 1 atom stereocenters. The van der Waals surface area contributed by atoms with Gasteiger partial charge in [0.15, 0.2) is 0 Å². The van der Waals surface area contributed by atoms with Crippen LogP contribution in [0.2, 0.25) is 5.02 Å². The molecule has 6 heteroatoms. The van der Waals surface area contributed by atoms with Crippen molar-refractivity contribution in [3.63, 3.8) is 0 Å². The lowest BCUT2D eigenvalue weighted by Gasteiger charge is -2.05. The molecule has 3 rings (SSSR count). The predicted octanol–water partition coefficient (Wildman–Crippen LogP) is 3.12. The minimum absolute atomic E-state index is 0.401. The maximum absolute atomic E-state index is 9.43. The Balaban J connectivity index is 1.85. The highest BCUT2D eigenvalue weighted by atomic mass is 35.5. The summed E-state index contributed by atoms with van der Waals surface area (Å²) in [6.07, 6.45) is -0.401. The van der Waals surface area contributed by atoms with E-state index in [1.807, 2.05) is 54.6 Å². The first-order valence-electron chi connectivity index (χ1n) is 8.24. The second-order valence-electron chi connectivity index (χ2n) is 6.00. The lowest BCUT2D eigenvalue weighted by atomic mass is 10.1. The van der Waals surface area contributed by atoms with Gasteiger partial charge in [0.25, 0.3) is 0 Å². The van der Waals surface area contributed by atoms with Crippen LogP contribution in [-0.2, 0) is 13.1 Å². The molecule has 0 radical (unpaired) electrons. The van der Waals surface area contributed by atoms with Crippen LogP contribution in [-0.4, -0.2) is 32.7 Å². The summed E-state index contributed by atoms with van der Waals surface area (Å²) in [5, 5.41) is 22.6. The van der Waals surface area contributed by atoms with Crippen molar-refractivity contribution in [2.24, 2.45) is 0 Å². The van der Waals surface area contributed by atoms with Gasteiger partial charge in [-0.25, -0.2) is 0 Å². The molecule has 1 aromatic heterocycles. The third kappa shape index (κ3) is 4.89. The fourth-order valence-electron chi connectivity index (χ4n) is 2.59. The van der Waals surface area contributed by atoms with Gasteiger partial charge in [-0.1, -0.05) is 54.1 Å². The van der Waals surface area contributed by atoms with Crippen molar-refractivity contribution in [1.82, 2.24) is 20.3 Å². The van der Waals surface area contributed by atoms with Crippen molar-refractivity contribution in [3.8, 4) is 11.3 Å². The average molecular weight is 357 g/mol. The molecule has 0 unspecified atom stereocenters. The number of nitrogens with one attached hydrogen (secondary N) is 1. The Bertz CT molecular complexity index is 817. The molecule has 0 aliphatic rings. The lowest BCUT2D eigenvalue weighted by molar-refractivity contribution is 0.191. The first kappa shape index (κ1) is 17.6. The zero-order valence-corrected chi connectivity index (χ0v) is 14.8. The fraction of sp³-hybridized carbons (Fsp3) is 0.263. The molecule has 25 heavy (non-hydrogen) atoms. The van der Waals surface area contributed by atoms with Crippen molar-refractivity contribution >= 4 is 11.6 Å². The van der Waals surface area contributed by atoms with Gasteiger partial charge in [-0.15, -0.1) is 0 Å². The zero-order chi connectivity index (χ0) is 17.6. The molecule has 0 saturated carbocycles. The average Bonchev–Trinajstić information content (AvgIpc) is 2.98. The van der Waals surface area contributed by atoms with Gasteiger partial charge in [0.05, 0.1) is 12.6 Å². The molecule has 0 amide bonds. The van der Waals surface area contributed by atoms with Gasteiger partial charge in [0, 0.05) is 23.7 Å². The number of rotatable bonds is 7. The van der Waals surface area contributed by atoms with E-state index in [1.165, 1.54) is 0 Å². The Kier molecular flexibility index (Phi) is 5.81. The Hall–Kier alpha value is -2.21. The van der Waals surface area contributed by atoms with E-state index >= 15 is 0 Å². The lowest BCUT2D eigenvalue weighted by Crippen LogP contribution is -2.24. The second-order valence-corrected chi connectivity index (χ2v) is 6.44. The number of hydrogen-bond donors (Lipinski definition) is 2. The predicted molar refractivity (Wildman–Crippen MR) is 99.4 cm³/mol. The number of aromatic nitrogens is 3. The van der Waals surface area contributed by atoms with Gasteiger partial charge in [-0.3, -0.25) is 0 Å². The van der Waals surface area contributed by atoms with Crippen LogP contribution < -0.4 is 5.32 Å². The molecule has 2 aromatic carbocycles. The molecule has 0 bridgehead atoms. The summed E-state index contributed by atoms with van der Waals surface area (Å²) in [6, 6.07) is 17.7. The van der Waals surface area contributed by atoms with Crippen LogP contribution in [0.3, 0.4) is 0 Å². The fourth-order valence-corrected chi connectivity index (χ4v) is 2.80. The molecule has 0 spiro atoms. The maximum atomic E-state index is 9.43. The molecule has 0 aliphatic heterocycles. The van der Waals surface area contributed by atoms with E-state index in [-0.39, 0.29) is 0 Å². The number of halogens is 1. The van der Waals surface area contributed by atoms with Crippen molar-refractivity contribution < 1.29 is 5.11 Å². The Labute approximate surface area is 152 Å². The summed E-state index contributed by atoms with van der Waals surface area (Å²) in [5.74, 6) is 0. The van der Waals surface area contributed by atoms with Crippen LogP contribution in [0, 0.1) is 0 Å². The van der Waals surface area contributed by atoms with Gasteiger partial charge < -0.3 is 10.4 Å². The van der Waals surface area contributed by atoms with Crippen LogP contribution >= 0.6 is 11.6 Å². The summed E-state index contributed by atoms with van der Waals surface area (Å²) in [4.78, 5) is 1.69. The van der Waals surface area contributed by atoms with E-state index in [0.717, 1.165) is 22.5 Å². The highest BCUT2D eigenvalue weighted by molar-refractivity contribution is 6.30. The van der Waals surface area contributed by atoms with E-state index in [4.69, 9.17) is 11.6 Å². The number of hydrogen-bond acceptors (Lipinski definition) is 4. The SMILES string of the molecule is C[C@@H](O)CNCc1nn(Cc2cccc(Cl)c2)nc1-c1ccccc1. The number of benzene rings is 2. The van der Waals surface area contributed by atoms with Gasteiger partial charge in [-0.05, 0) is 24.6 Å². The first-order valence-corrected chi connectivity index (χ1v) is 8.62. The Morgan fingerprint density at radius 3 is 2.64 bits per heavy atom. The Morgan fingerprint density at radius 1 is 1.12 bits per heavy atom. The van der Waals surface area contributed by atoms with Crippen molar-refractivity contribution in [3.05, 3.63) is 70.9 Å². The van der Waals surface area contributed by atoms with Gasteiger partial charge in [-0.2, -0.15) is 15.0 Å². The molecular weight excluding hydrogens is 336 g/mol. The van der Waals surface area contributed by atoms with E-state index in [1.54, 1.807) is 11.7 Å². The molecule has 2 N–H and O–H groups in total. The van der Waals surface area contributed by atoms with E-state index in [9.17, 15) is 5.11 Å². The largest absolute Gasteiger partial charge is 0.392 e. The molecule has 1 heterocycles. The van der Waals surface area contributed by atoms with Crippen molar-refractivity contribution in [2.45, 2.75) is 26.1 Å². The van der Waals surface area contributed by atoms with Crippen molar-refractivity contribution in [2.75, 3.05) is 6.54 Å². The van der Waals surface area contributed by atoms with Crippen molar-refractivity contribution in [1.29, 1.82) is 0 Å². The number of nitrogens with zero attached hydrogens (tertiary/aromatic N) is 3. The third-order valence-corrected chi connectivity index (χ3v) is 3.95. The Morgan fingerprint density at radius 2 is 1.92 bits per heavy atom. The van der Waals surface area contributed by atoms with Crippen LogP contribution in [0.4, 0.5) is 0 Å². The molecule has 3 aromatic rings. The molecule has 0 fully saturated rings. The normalized spacial score (nSPS) is 12.3. The van der Waals surface area contributed by atoms with Crippen LogP contribution in [0.1, 0.15) is 18.2 Å². The van der Waals surface area contributed by atoms with E-state index < -0.39 is 6.10 Å². The summed E-state index contributed by atoms with van der Waals surface area (Å²) in [5.41, 5.74) is 3.77. The molecule has 5 nitrogen and oxygen atoms in total. The molecular formula is C19H21ClN4O. The summed E-state index contributed by atoms with van der Waals surface area (Å²) in [7, 11) is 0. The summed E-state index contributed by atoms with van der Waals surface area (Å²) < 4.78 is 0. The number of aliphatic hydroxyl groups excluding tert-OH is 1. The van der Waals surface area contributed by atoms with E-state index in [0.29, 0.717) is 24.7 Å². The van der Waals surface area contributed by atoms with Crippen LogP contribution in [0.15, 0.2) is 54.6 Å². The van der Waals surface area contributed by atoms with E-state index in [2.05, 4.69) is 15.5 Å². The zero-order valence-electron chi connectivity index (χ0n) is 14.1. The molecule has 0 aliphatic carbocycles. The maximum Gasteiger partial charge on any atom is 0.117 e. The minimum atomic E-state index is -0.401. The quantitative estimate of drug-likeness (QED) is 0.682. The monoisotopic (exact) mass is 356 g/mol. The third-order valence-electron chi connectivity index (χ3n) is 3.72. The first-order chi connectivity index (χ1) is 12.1. The molecule has 130 valence electrons. The van der Waals surface area contributed by atoms with Crippen LogP contribution in [0.25, 0.3) is 11.3 Å². The summed E-state index contributed by atoms with van der Waals surface area (Å²) in [6.45, 7) is 3.36. The number of aliphatic hydroxyl groups is 1.